The van der Waals surface area contributed by atoms with Crippen molar-refractivity contribution in [3.63, 3.8) is 0 Å². The van der Waals surface area contributed by atoms with Crippen molar-refractivity contribution < 1.29 is 0 Å². The third-order valence-corrected chi connectivity index (χ3v) is 4.17. The summed E-state index contributed by atoms with van der Waals surface area (Å²) in [4.78, 5) is 4.52. The highest BCUT2D eigenvalue weighted by molar-refractivity contribution is 5.61. The number of aryl methyl sites for hydroxylation is 1. The Labute approximate surface area is 154 Å². The summed E-state index contributed by atoms with van der Waals surface area (Å²) in [5.41, 5.74) is 3.65. The van der Waals surface area contributed by atoms with E-state index in [0.29, 0.717) is 17.7 Å². The number of benzene rings is 2. The molecular weight excluding hydrogens is 322 g/mol. The SMILES string of the molecule is CC(C)c1ccccc1Nc1cnnc(NCCCc2ccccc2)n1. The maximum atomic E-state index is 4.52. The molecule has 0 amide bonds. The molecule has 1 heterocycles. The van der Waals surface area contributed by atoms with Crippen LogP contribution in [0.5, 0.6) is 0 Å². The van der Waals surface area contributed by atoms with Gasteiger partial charge in [0, 0.05) is 12.2 Å². The molecule has 26 heavy (non-hydrogen) atoms. The predicted octanol–water partition coefficient (Wildman–Crippen LogP) is 4.78. The van der Waals surface area contributed by atoms with Gasteiger partial charge < -0.3 is 10.6 Å². The zero-order valence-electron chi connectivity index (χ0n) is 15.3. The topological polar surface area (TPSA) is 62.7 Å². The number of hydrogen-bond donors (Lipinski definition) is 2. The van der Waals surface area contributed by atoms with Crippen molar-refractivity contribution >= 4 is 17.5 Å². The quantitative estimate of drug-likeness (QED) is 0.574. The van der Waals surface area contributed by atoms with Gasteiger partial charge in [-0.15, -0.1) is 5.10 Å². The number of nitrogens with zero attached hydrogens (tertiary/aromatic N) is 3. The van der Waals surface area contributed by atoms with Gasteiger partial charge in [-0.25, -0.2) is 0 Å². The normalized spacial score (nSPS) is 10.7. The van der Waals surface area contributed by atoms with E-state index in [2.05, 4.69) is 82.1 Å². The Kier molecular flexibility index (Phi) is 6.14. The Balaban J connectivity index is 1.57. The van der Waals surface area contributed by atoms with Gasteiger partial charge in [0.05, 0.1) is 6.20 Å². The summed E-state index contributed by atoms with van der Waals surface area (Å²) in [6.45, 7) is 5.17. The van der Waals surface area contributed by atoms with Gasteiger partial charge in [-0.3, -0.25) is 0 Å². The summed E-state index contributed by atoms with van der Waals surface area (Å²) in [5.74, 6) is 1.67. The fourth-order valence-electron chi connectivity index (χ4n) is 2.83. The molecule has 3 rings (SSSR count). The number of anilines is 3. The van der Waals surface area contributed by atoms with Gasteiger partial charge in [-0.2, -0.15) is 10.1 Å². The van der Waals surface area contributed by atoms with E-state index in [1.54, 1.807) is 6.20 Å². The number of rotatable bonds is 8. The van der Waals surface area contributed by atoms with Gasteiger partial charge in [0.1, 0.15) is 0 Å². The first-order valence-electron chi connectivity index (χ1n) is 9.06. The largest absolute Gasteiger partial charge is 0.353 e. The molecule has 0 fully saturated rings. The van der Waals surface area contributed by atoms with Crippen LogP contribution in [-0.2, 0) is 6.42 Å². The van der Waals surface area contributed by atoms with Crippen LogP contribution in [0.2, 0.25) is 0 Å². The van der Waals surface area contributed by atoms with E-state index < -0.39 is 0 Å². The lowest BCUT2D eigenvalue weighted by Crippen LogP contribution is -2.09. The lowest BCUT2D eigenvalue weighted by atomic mass is 10.0. The van der Waals surface area contributed by atoms with E-state index in [9.17, 15) is 0 Å². The van der Waals surface area contributed by atoms with Crippen LogP contribution in [0.3, 0.4) is 0 Å². The van der Waals surface area contributed by atoms with Gasteiger partial charge in [0.2, 0.25) is 5.95 Å². The van der Waals surface area contributed by atoms with E-state index >= 15 is 0 Å². The third-order valence-electron chi connectivity index (χ3n) is 4.17. The van der Waals surface area contributed by atoms with E-state index in [-0.39, 0.29) is 0 Å². The molecule has 134 valence electrons. The van der Waals surface area contributed by atoms with Gasteiger partial charge >= 0.3 is 0 Å². The summed E-state index contributed by atoms with van der Waals surface area (Å²) < 4.78 is 0. The van der Waals surface area contributed by atoms with Gasteiger partial charge in [-0.1, -0.05) is 62.4 Å². The lowest BCUT2D eigenvalue weighted by molar-refractivity contribution is 0.842. The lowest BCUT2D eigenvalue weighted by Gasteiger charge is -2.14. The maximum absolute atomic E-state index is 4.52. The fourth-order valence-corrected chi connectivity index (χ4v) is 2.83. The minimum absolute atomic E-state index is 0.434. The summed E-state index contributed by atoms with van der Waals surface area (Å²) in [6, 6.07) is 18.7. The maximum Gasteiger partial charge on any atom is 0.244 e. The van der Waals surface area contributed by atoms with Crippen LogP contribution in [0.15, 0.2) is 60.8 Å². The first kappa shape index (κ1) is 17.9. The van der Waals surface area contributed by atoms with Gasteiger partial charge in [-0.05, 0) is 36.0 Å². The second-order valence-electron chi connectivity index (χ2n) is 6.55. The molecule has 5 nitrogen and oxygen atoms in total. The molecule has 5 heteroatoms. The van der Waals surface area contributed by atoms with Crippen LogP contribution in [0.4, 0.5) is 17.5 Å². The molecule has 0 radical (unpaired) electrons. The summed E-state index contributed by atoms with van der Waals surface area (Å²) >= 11 is 0. The zero-order valence-corrected chi connectivity index (χ0v) is 15.3. The summed E-state index contributed by atoms with van der Waals surface area (Å²) in [6.07, 6.45) is 3.69. The Morgan fingerprint density at radius 3 is 2.54 bits per heavy atom. The molecule has 3 aromatic rings. The minimum atomic E-state index is 0.434. The van der Waals surface area contributed by atoms with Crippen molar-refractivity contribution in [2.75, 3.05) is 17.2 Å². The van der Waals surface area contributed by atoms with Crippen molar-refractivity contribution in [1.82, 2.24) is 15.2 Å². The molecule has 0 aliphatic carbocycles. The van der Waals surface area contributed by atoms with Crippen molar-refractivity contribution in [3.8, 4) is 0 Å². The minimum Gasteiger partial charge on any atom is -0.353 e. The fraction of sp³-hybridized carbons (Fsp3) is 0.286. The van der Waals surface area contributed by atoms with Crippen LogP contribution in [-0.4, -0.2) is 21.7 Å². The molecular formula is C21H25N5. The molecule has 0 bridgehead atoms. The highest BCUT2D eigenvalue weighted by atomic mass is 15.3. The molecule has 0 aliphatic heterocycles. The predicted molar refractivity (Wildman–Crippen MR) is 107 cm³/mol. The number of hydrogen-bond acceptors (Lipinski definition) is 5. The van der Waals surface area contributed by atoms with Gasteiger partial charge in [0.25, 0.3) is 0 Å². The Morgan fingerprint density at radius 1 is 0.962 bits per heavy atom. The van der Waals surface area contributed by atoms with Crippen molar-refractivity contribution in [2.24, 2.45) is 0 Å². The molecule has 2 N–H and O–H groups in total. The molecule has 1 aromatic heterocycles. The van der Waals surface area contributed by atoms with Crippen LogP contribution in [0, 0.1) is 0 Å². The zero-order chi connectivity index (χ0) is 18.2. The smallest absolute Gasteiger partial charge is 0.244 e. The second kappa shape index (κ2) is 8.94. The molecule has 0 atom stereocenters. The average molecular weight is 347 g/mol. The Bertz CT molecular complexity index is 817. The van der Waals surface area contributed by atoms with Gasteiger partial charge in [0.15, 0.2) is 5.82 Å². The Hall–Kier alpha value is -2.95. The Morgan fingerprint density at radius 2 is 1.73 bits per heavy atom. The van der Waals surface area contributed by atoms with Crippen molar-refractivity contribution in [2.45, 2.75) is 32.6 Å². The van der Waals surface area contributed by atoms with Crippen molar-refractivity contribution in [1.29, 1.82) is 0 Å². The van der Waals surface area contributed by atoms with Crippen LogP contribution >= 0.6 is 0 Å². The first-order valence-corrected chi connectivity index (χ1v) is 9.06. The molecule has 0 spiro atoms. The molecule has 0 unspecified atom stereocenters. The first-order chi connectivity index (χ1) is 12.7. The molecule has 0 saturated carbocycles. The van der Waals surface area contributed by atoms with E-state index in [4.69, 9.17) is 0 Å². The second-order valence-corrected chi connectivity index (χ2v) is 6.55. The van der Waals surface area contributed by atoms with Crippen LogP contribution < -0.4 is 10.6 Å². The molecule has 0 aliphatic rings. The number of para-hydroxylation sites is 1. The van der Waals surface area contributed by atoms with Crippen LogP contribution in [0.25, 0.3) is 0 Å². The number of aromatic nitrogens is 3. The average Bonchev–Trinajstić information content (AvgIpc) is 2.67. The van der Waals surface area contributed by atoms with Crippen LogP contribution in [0.1, 0.15) is 37.3 Å². The van der Waals surface area contributed by atoms with Crippen molar-refractivity contribution in [3.05, 3.63) is 71.9 Å². The summed E-state index contributed by atoms with van der Waals surface area (Å²) in [7, 11) is 0. The monoisotopic (exact) mass is 347 g/mol. The third kappa shape index (κ3) is 5.02. The van der Waals surface area contributed by atoms with E-state index in [0.717, 1.165) is 25.1 Å². The highest BCUT2D eigenvalue weighted by Gasteiger charge is 2.07. The molecule has 0 saturated heterocycles. The standard InChI is InChI=1S/C21H25N5/c1-16(2)18-12-6-7-13-19(18)24-20-15-23-26-21(25-20)22-14-8-11-17-9-4-3-5-10-17/h3-7,9-10,12-13,15-16H,8,11,14H2,1-2H3,(H2,22,24,25,26). The molecule has 2 aromatic carbocycles. The number of nitrogens with one attached hydrogen (secondary N) is 2. The summed E-state index contributed by atoms with van der Waals surface area (Å²) in [5, 5.41) is 14.7. The highest BCUT2D eigenvalue weighted by Crippen LogP contribution is 2.26. The van der Waals surface area contributed by atoms with E-state index in [1.807, 2.05) is 12.1 Å². The van der Waals surface area contributed by atoms with E-state index in [1.165, 1.54) is 11.1 Å².